The molecule has 0 aliphatic carbocycles. The maximum absolute atomic E-state index is 12.4. The molecule has 2 aromatic rings. The van der Waals surface area contributed by atoms with E-state index in [2.05, 4.69) is 14.8 Å². The molecule has 0 bridgehead atoms. The first-order chi connectivity index (χ1) is 9.22. The SMILES string of the molecule is Cc1cc(NS(=O)(=O)c2c(C)nn(C)c2C)ncc1N. The average Bonchev–Trinajstić information content (AvgIpc) is 2.58. The molecule has 0 spiro atoms. The number of rotatable bonds is 3. The van der Waals surface area contributed by atoms with Crippen LogP contribution >= 0.6 is 0 Å². The van der Waals surface area contributed by atoms with Crippen LogP contribution < -0.4 is 10.5 Å². The number of pyridine rings is 1. The number of nitrogens with zero attached hydrogens (tertiary/aromatic N) is 3. The van der Waals surface area contributed by atoms with Crippen LogP contribution in [0.4, 0.5) is 11.5 Å². The van der Waals surface area contributed by atoms with E-state index in [0.29, 0.717) is 17.1 Å². The van der Waals surface area contributed by atoms with Crippen LogP contribution in [0.25, 0.3) is 0 Å². The minimum absolute atomic E-state index is 0.177. The molecule has 0 unspecified atom stereocenters. The molecule has 0 aliphatic heterocycles. The van der Waals surface area contributed by atoms with E-state index in [9.17, 15) is 8.42 Å². The van der Waals surface area contributed by atoms with Gasteiger partial charge in [0.1, 0.15) is 10.7 Å². The fraction of sp³-hybridized carbons (Fsp3) is 0.333. The highest BCUT2D eigenvalue weighted by Crippen LogP contribution is 2.22. The number of aryl methyl sites for hydroxylation is 3. The van der Waals surface area contributed by atoms with Crippen LogP contribution in [0, 0.1) is 20.8 Å². The number of sulfonamides is 1. The van der Waals surface area contributed by atoms with Crippen LogP contribution in [0.1, 0.15) is 17.0 Å². The van der Waals surface area contributed by atoms with Crippen molar-refractivity contribution >= 4 is 21.5 Å². The van der Waals surface area contributed by atoms with Gasteiger partial charge in [0.2, 0.25) is 0 Å². The first kappa shape index (κ1) is 14.3. The predicted molar refractivity (Wildman–Crippen MR) is 76.9 cm³/mol. The van der Waals surface area contributed by atoms with Gasteiger partial charge in [-0.25, -0.2) is 13.4 Å². The molecule has 0 saturated heterocycles. The molecule has 0 atom stereocenters. The normalized spacial score (nSPS) is 11.6. The third kappa shape index (κ3) is 2.46. The quantitative estimate of drug-likeness (QED) is 0.883. The number of nitrogen functional groups attached to an aromatic ring is 1. The maximum atomic E-state index is 12.4. The number of aromatic nitrogens is 3. The third-order valence-corrected chi connectivity index (χ3v) is 4.71. The van der Waals surface area contributed by atoms with E-state index in [1.54, 1.807) is 33.9 Å². The highest BCUT2D eigenvalue weighted by atomic mass is 32.2. The molecule has 108 valence electrons. The second kappa shape index (κ2) is 4.78. The van der Waals surface area contributed by atoms with Crippen molar-refractivity contribution in [3.8, 4) is 0 Å². The number of nitrogens with two attached hydrogens (primary N) is 1. The molecule has 20 heavy (non-hydrogen) atoms. The number of nitrogens with one attached hydrogen (secondary N) is 1. The van der Waals surface area contributed by atoms with Crippen molar-refractivity contribution in [2.24, 2.45) is 7.05 Å². The van der Waals surface area contributed by atoms with Crippen LogP contribution in [-0.2, 0) is 17.1 Å². The summed E-state index contributed by atoms with van der Waals surface area (Å²) in [6.45, 7) is 5.15. The van der Waals surface area contributed by atoms with E-state index >= 15 is 0 Å². The molecule has 0 radical (unpaired) electrons. The molecular weight excluding hydrogens is 278 g/mol. The summed E-state index contributed by atoms with van der Waals surface area (Å²) in [6.07, 6.45) is 1.43. The minimum Gasteiger partial charge on any atom is -0.397 e. The minimum atomic E-state index is -3.72. The largest absolute Gasteiger partial charge is 0.397 e. The van der Waals surface area contributed by atoms with Gasteiger partial charge >= 0.3 is 0 Å². The Kier molecular flexibility index (Phi) is 3.43. The molecule has 0 amide bonds. The zero-order valence-corrected chi connectivity index (χ0v) is 12.6. The smallest absolute Gasteiger partial charge is 0.266 e. The first-order valence-corrected chi connectivity index (χ1v) is 7.46. The van der Waals surface area contributed by atoms with Crippen molar-refractivity contribution in [1.29, 1.82) is 0 Å². The van der Waals surface area contributed by atoms with Crippen molar-refractivity contribution in [1.82, 2.24) is 14.8 Å². The molecule has 3 N–H and O–H groups in total. The van der Waals surface area contributed by atoms with Gasteiger partial charge in [0, 0.05) is 7.05 Å². The Morgan fingerprint density at radius 3 is 2.45 bits per heavy atom. The summed E-state index contributed by atoms with van der Waals surface area (Å²) >= 11 is 0. The van der Waals surface area contributed by atoms with Gasteiger partial charge in [0.25, 0.3) is 10.0 Å². The standard InChI is InChI=1S/C12H17N5O2S/c1-7-5-11(14-6-10(7)13)16-20(18,19)12-8(2)15-17(4)9(12)3/h5-6H,13H2,1-4H3,(H,14,16). The van der Waals surface area contributed by atoms with E-state index in [1.165, 1.54) is 10.9 Å². The number of anilines is 2. The lowest BCUT2D eigenvalue weighted by molar-refractivity contribution is 0.599. The van der Waals surface area contributed by atoms with Crippen molar-refractivity contribution in [3.63, 3.8) is 0 Å². The second-order valence-electron chi connectivity index (χ2n) is 4.66. The van der Waals surface area contributed by atoms with E-state index in [4.69, 9.17) is 5.73 Å². The summed E-state index contributed by atoms with van der Waals surface area (Å²) in [5.74, 6) is 0.236. The summed E-state index contributed by atoms with van der Waals surface area (Å²) in [4.78, 5) is 4.15. The summed E-state index contributed by atoms with van der Waals surface area (Å²) in [5, 5.41) is 4.11. The van der Waals surface area contributed by atoms with Crippen LogP contribution in [0.15, 0.2) is 17.2 Å². The Morgan fingerprint density at radius 1 is 1.30 bits per heavy atom. The van der Waals surface area contributed by atoms with Crippen molar-refractivity contribution < 1.29 is 8.42 Å². The maximum Gasteiger partial charge on any atom is 0.266 e. The van der Waals surface area contributed by atoms with Crippen molar-refractivity contribution in [3.05, 3.63) is 29.2 Å². The average molecular weight is 295 g/mol. The molecule has 7 nitrogen and oxygen atoms in total. The Morgan fingerprint density at radius 2 is 1.95 bits per heavy atom. The zero-order chi connectivity index (χ0) is 15.1. The van der Waals surface area contributed by atoms with E-state index < -0.39 is 10.0 Å². The topological polar surface area (TPSA) is 103 Å². The molecule has 0 saturated carbocycles. The van der Waals surface area contributed by atoms with E-state index in [-0.39, 0.29) is 10.7 Å². The highest BCUT2D eigenvalue weighted by molar-refractivity contribution is 7.92. The van der Waals surface area contributed by atoms with Gasteiger partial charge in [0.05, 0.1) is 23.3 Å². The van der Waals surface area contributed by atoms with Gasteiger partial charge in [-0.1, -0.05) is 0 Å². The Bertz CT molecular complexity index is 764. The predicted octanol–water partition coefficient (Wildman–Crippen LogP) is 1.12. The number of hydrogen-bond donors (Lipinski definition) is 2. The van der Waals surface area contributed by atoms with Crippen LogP contribution in [0.3, 0.4) is 0 Å². The van der Waals surface area contributed by atoms with Gasteiger partial charge in [0.15, 0.2) is 0 Å². The lowest BCUT2D eigenvalue weighted by Crippen LogP contribution is -2.16. The van der Waals surface area contributed by atoms with Gasteiger partial charge in [-0.15, -0.1) is 0 Å². The Hall–Kier alpha value is -2.09. The van der Waals surface area contributed by atoms with Gasteiger partial charge < -0.3 is 5.73 Å². The van der Waals surface area contributed by atoms with Crippen LogP contribution in [0.2, 0.25) is 0 Å². The summed E-state index contributed by atoms with van der Waals surface area (Å²) in [5.41, 5.74) is 7.96. The van der Waals surface area contributed by atoms with Crippen molar-refractivity contribution in [2.45, 2.75) is 25.7 Å². The monoisotopic (exact) mass is 295 g/mol. The van der Waals surface area contributed by atoms with Gasteiger partial charge in [-0.3, -0.25) is 9.40 Å². The third-order valence-electron chi connectivity index (χ3n) is 3.10. The molecule has 0 aliphatic rings. The summed E-state index contributed by atoms with van der Waals surface area (Å²) in [7, 11) is -2.02. The fourth-order valence-electron chi connectivity index (χ4n) is 1.95. The first-order valence-electron chi connectivity index (χ1n) is 5.97. The molecule has 0 aromatic carbocycles. The van der Waals surface area contributed by atoms with E-state index in [1.807, 2.05) is 0 Å². The molecule has 2 aromatic heterocycles. The lowest BCUT2D eigenvalue weighted by Gasteiger charge is -2.09. The number of hydrogen-bond acceptors (Lipinski definition) is 5. The highest BCUT2D eigenvalue weighted by Gasteiger charge is 2.24. The zero-order valence-electron chi connectivity index (χ0n) is 11.8. The lowest BCUT2D eigenvalue weighted by atomic mass is 10.2. The molecule has 0 fully saturated rings. The van der Waals surface area contributed by atoms with Crippen LogP contribution in [0.5, 0.6) is 0 Å². The second-order valence-corrected chi connectivity index (χ2v) is 6.27. The summed E-state index contributed by atoms with van der Waals surface area (Å²) < 4.78 is 28.8. The molecule has 2 rings (SSSR count). The summed E-state index contributed by atoms with van der Waals surface area (Å²) in [6, 6.07) is 1.59. The Labute approximate surface area is 117 Å². The van der Waals surface area contributed by atoms with Gasteiger partial charge in [-0.05, 0) is 32.4 Å². The molecule has 8 heteroatoms. The van der Waals surface area contributed by atoms with E-state index in [0.717, 1.165) is 5.56 Å². The molecular formula is C12H17N5O2S. The Balaban J connectivity index is 2.43. The van der Waals surface area contributed by atoms with Gasteiger partial charge in [-0.2, -0.15) is 5.10 Å². The van der Waals surface area contributed by atoms with Crippen LogP contribution in [-0.4, -0.2) is 23.2 Å². The van der Waals surface area contributed by atoms with Crippen molar-refractivity contribution in [2.75, 3.05) is 10.5 Å². The molecule has 2 heterocycles. The fourth-order valence-corrected chi connectivity index (χ4v) is 3.39.